The van der Waals surface area contributed by atoms with Gasteiger partial charge in [-0.2, -0.15) is 5.10 Å². The van der Waals surface area contributed by atoms with Crippen molar-refractivity contribution in [3.8, 4) is 17.0 Å². The Morgan fingerprint density at radius 1 is 1.42 bits per heavy atom. The molecule has 0 radical (unpaired) electrons. The average Bonchev–Trinajstić information content (AvgIpc) is 2.88. The zero-order valence-electron chi connectivity index (χ0n) is 11.1. The lowest BCUT2D eigenvalue weighted by Crippen LogP contribution is -1.97. The number of H-pyrrole nitrogens is 1. The normalized spacial score (nSPS) is 11.6. The number of hydrogen-bond donors (Lipinski definition) is 2. The summed E-state index contributed by atoms with van der Waals surface area (Å²) in [5, 5.41) is 19.0. The third-order valence-electron chi connectivity index (χ3n) is 2.71. The van der Waals surface area contributed by atoms with E-state index < -0.39 is 0 Å². The van der Waals surface area contributed by atoms with Crippen molar-refractivity contribution < 1.29 is 9.94 Å². The molecule has 19 heavy (non-hydrogen) atoms. The van der Waals surface area contributed by atoms with E-state index in [1.165, 1.54) is 0 Å². The van der Waals surface area contributed by atoms with E-state index in [0.717, 1.165) is 22.7 Å². The number of nitrogens with zero attached hydrogens (tertiary/aromatic N) is 2. The van der Waals surface area contributed by atoms with Crippen LogP contribution in [0.5, 0.6) is 5.75 Å². The van der Waals surface area contributed by atoms with Gasteiger partial charge in [0, 0.05) is 17.7 Å². The Labute approximate surface area is 111 Å². The van der Waals surface area contributed by atoms with Gasteiger partial charge >= 0.3 is 0 Å². The Morgan fingerprint density at radius 3 is 2.95 bits per heavy atom. The molecule has 1 heterocycles. The smallest absolute Gasteiger partial charge is 0.128 e. The number of ether oxygens (including phenoxy) is 1. The van der Waals surface area contributed by atoms with Gasteiger partial charge in [-0.25, -0.2) is 0 Å². The molecule has 5 heteroatoms. The second-order valence-corrected chi connectivity index (χ2v) is 4.22. The first-order chi connectivity index (χ1) is 9.24. The van der Waals surface area contributed by atoms with Gasteiger partial charge in [-0.3, -0.25) is 5.10 Å². The second-order valence-electron chi connectivity index (χ2n) is 4.22. The molecule has 0 saturated heterocycles. The van der Waals surface area contributed by atoms with Gasteiger partial charge in [-0.15, -0.1) is 0 Å². The summed E-state index contributed by atoms with van der Waals surface area (Å²) >= 11 is 0. The topological polar surface area (TPSA) is 70.5 Å². The molecule has 2 rings (SSSR count). The van der Waals surface area contributed by atoms with Crippen LogP contribution in [0.1, 0.15) is 19.5 Å². The zero-order chi connectivity index (χ0) is 13.7. The van der Waals surface area contributed by atoms with Gasteiger partial charge in [0.2, 0.25) is 0 Å². The van der Waals surface area contributed by atoms with Crippen LogP contribution in [0.2, 0.25) is 0 Å². The van der Waals surface area contributed by atoms with E-state index in [0.29, 0.717) is 18.7 Å². The zero-order valence-corrected chi connectivity index (χ0v) is 11.1. The molecule has 0 atom stereocenters. The fraction of sp³-hybridized carbons (Fsp3) is 0.286. The van der Waals surface area contributed by atoms with Gasteiger partial charge in [0.25, 0.3) is 0 Å². The van der Waals surface area contributed by atoms with Gasteiger partial charge in [-0.05, 0) is 32.0 Å². The number of aromatic amines is 1. The Kier molecular flexibility index (Phi) is 4.18. The third-order valence-corrected chi connectivity index (χ3v) is 2.71. The van der Waals surface area contributed by atoms with Crippen molar-refractivity contribution in [1.82, 2.24) is 10.2 Å². The van der Waals surface area contributed by atoms with Crippen molar-refractivity contribution in [3.63, 3.8) is 0 Å². The first-order valence-electron chi connectivity index (χ1n) is 6.18. The van der Waals surface area contributed by atoms with Crippen molar-refractivity contribution in [1.29, 1.82) is 0 Å². The fourth-order valence-corrected chi connectivity index (χ4v) is 1.86. The van der Waals surface area contributed by atoms with Gasteiger partial charge in [0.1, 0.15) is 5.75 Å². The standard InChI is InChI=1S/C14H17N3O2/c1-3-19-14-7-5-4-6-12(14)13-9-11(15-16-13)8-10(2)17-18/h4-7,9,18H,3,8H2,1-2H3,(H,15,16)/b17-10+. The predicted molar refractivity (Wildman–Crippen MR) is 73.8 cm³/mol. The highest BCUT2D eigenvalue weighted by Crippen LogP contribution is 2.28. The number of oxime groups is 1. The van der Waals surface area contributed by atoms with Crippen LogP contribution in [0.15, 0.2) is 35.5 Å². The molecular formula is C14H17N3O2. The molecule has 1 aromatic heterocycles. The van der Waals surface area contributed by atoms with Crippen LogP contribution in [0.25, 0.3) is 11.3 Å². The van der Waals surface area contributed by atoms with E-state index in [-0.39, 0.29) is 0 Å². The summed E-state index contributed by atoms with van der Waals surface area (Å²) in [7, 11) is 0. The minimum Gasteiger partial charge on any atom is -0.493 e. The molecule has 0 bridgehead atoms. The molecule has 0 aliphatic rings. The van der Waals surface area contributed by atoms with E-state index in [2.05, 4.69) is 15.4 Å². The molecule has 0 unspecified atom stereocenters. The number of nitrogens with one attached hydrogen (secondary N) is 1. The first kappa shape index (κ1) is 13.1. The van der Waals surface area contributed by atoms with E-state index >= 15 is 0 Å². The van der Waals surface area contributed by atoms with E-state index in [4.69, 9.17) is 9.94 Å². The lowest BCUT2D eigenvalue weighted by molar-refractivity contribution is 0.317. The molecule has 2 aromatic rings. The summed E-state index contributed by atoms with van der Waals surface area (Å²) in [6.45, 7) is 4.33. The van der Waals surface area contributed by atoms with Crippen LogP contribution in [0.4, 0.5) is 0 Å². The largest absolute Gasteiger partial charge is 0.493 e. The Hall–Kier alpha value is -2.30. The lowest BCUT2D eigenvalue weighted by atomic mass is 10.1. The van der Waals surface area contributed by atoms with Crippen molar-refractivity contribution in [2.45, 2.75) is 20.3 Å². The van der Waals surface area contributed by atoms with Crippen LogP contribution in [0, 0.1) is 0 Å². The molecule has 0 saturated carbocycles. The molecule has 1 aromatic carbocycles. The summed E-state index contributed by atoms with van der Waals surface area (Å²) in [6, 6.07) is 9.72. The highest BCUT2D eigenvalue weighted by molar-refractivity contribution is 5.83. The second kappa shape index (κ2) is 6.04. The number of benzene rings is 1. The molecular weight excluding hydrogens is 242 g/mol. The quantitative estimate of drug-likeness (QED) is 0.492. The van der Waals surface area contributed by atoms with Gasteiger partial charge in [0.15, 0.2) is 0 Å². The van der Waals surface area contributed by atoms with Crippen molar-refractivity contribution in [3.05, 3.63) is 36.0 Å². The first-order valence-corrected chi connectivity index (χ1v) is 6.18. The Morgan fingerprint density at radius 2 is 2.21 bits per heavy atom. The molecule has 0 aliphatic carbocycles. The van der Waals surface area contributed by atoms with Crippen LogP contribution >= 0.6 is 0 Å². The van der Waals surface area contributed by atoms with Crippen LogP contribution in [-0.4, -0.2) is 27.7 Å². The number of aromatic nitrogens is 2. The maximum Gasteiger partial charge on any atom is 0.128 e. The minimum absolute atomic E-state index is 0.542. The fourth-order valence-electron chi connectivity index (χ4n) is 1.86. The number of hydrogen-bond acceptors (Lipinski definition) is 4. The van der Waals surface area contributed by atoms with E-state index in [1.807, 2.05) is 37.3 Å². The highest BCUT2D eigenvalue weighted by atomic mass is 16.5. The number of para-hydroxylation sites is 1. The van der Waals surface area contributed by atoms with Gasteiger partial charge in [0.05, 0.1) is 18.0 Å². The van der Waals surface area contributed by atoms with Gasteiger partial charge in [-0.1, -0.05) is 17.3 Å². The predicted octanol–water partition coefficient (Wildman–Crippen LogP) is 2.87. The molecule has 0 amide bonds. The van der Waals surface area contributed by atoms with E-state index in [9.17, 15) is 0 Å². The van der Waals surface area contributed by atoms with Crippen molar-refractivity contribution >= 4 is 5.71 Å². The highest BCUT2D eigenvalue weighted by Gasteiger charge is 2.09. The van der Waals surface area contributed by atoms with Crippen molar-refractivity contribution in [2.24, 2.45) is 5.16 Å². The summed E-state index contributed by atoms with van der Waals surface area (Å²) in [5.41, 5.74) is 3.31. The van der Waals surface area contributed by atoms with Crippen LogP contribution in [-0.2, 0) is 6.42 Å². The molecule has 2 N–H and O–H groups in total. The molecule has 5 nitrogen and oxygen atoms in total. The van der Waals surface area contributed by atoms with Crippen LogP contribution in [0.3, 0.4) is 0 Å². The van der Waals surface area contributed by atoms with Crippen molar-refractivity contribution in [2.75, 3.05) is 6.61 Å². The summed E-state index contributed by atoms with van der Waals surface area (Å²) in [6.07, 6.45) is 0.542. The Balaban J connectivity index is 2.27. The molecule has 0 aliphatic heterocycles. The summed E-state index contributed by atoms with van der Waals surface area (Å²) in [5.74, 6) is 0.815. The molecule has 0 fully saturated rings. The molecule has 0 spiro atoms. The molecule has 100 valence electrons. The summed E-state index contributed by atoms with van der Waals surface area (Å²) in [4.78, 5) is 0. The number of rotatable bonds is 5. The maximum absolute atomic E-state index is 8.67. The maximum atomic E-state index is 8.67. The van der Waals surface area contributed by atoms with E-state index in [1.54, 1.807) is 6.92 Å². The third kappa shape index (κ3) is 3.13. The monoisotopic (exact) mass is 259 g/mol. The van der Waals surface area contributed by atoms with Crippen LogP contribution < -0.4 is 4.74 Å². The SMILES string of the molecule is CCOc1ccccc1-c1cc(C/C(C)=N/O)[nH]n1. The minimum atomic E-state index is 0.542. The summed E-state index contributed by atoms with van der Waals surface area (Å²) < 4.78 is 5.59. The average molecular weight is 259 g/mol. The lowest BCUT2D eigenvalue weighted by Gasteiger charge is -2.07. The Bertz CT molecular complexity index is 576. The van der Waals surface area contributed by atoms with Gasteiger partial charge < -0.3 is 9.94 Å².